The second kappa shape index (κ2) is 6.85. The van der Waals surface area contributed by atoms with Gasteiger partial charge in [-0.05, 0) is 45.0 Å². The van der Waals surface area contributed by atoms with Crippen molar-refractivity contribution in [2.75, 3.05) is 20.2 Å². The predicted octanol–water partition coefficient (Wildman–Crippen LogP) is 2.92. The summed E-state index contributed by atoms with van der Waals surface area (Å²) >= 11 is 0. The van der Waals surface area contributed by atoms with E-state index in [9.17, 15) is 13.6 Å². The lowest BCUT2D eigenvalue weighted by Crippen LogP contribution is -2.37. The molecule has 1 aromatic carbocycles. The summed E-state index contributed by atoms with van der Waals surface area (Å²) in [6, 6.07) is 1.91. The molecule has 1 N–H and O–H groups in total. The number of likely N-dealkylation sites (tertiary alicyclic amines) is 1. The molecule has 1 atom stereocenters. The average Bonchev–Trinajstić information content (AvgIpc) is 2.43. The van der Waals surface area contributed by atoms with Gasteiger partial charge < -0.3 is 14.7 Å². The van der Waals surface area contributed by atoms with Gasteiger partial charge >= 0.3 is 5.97 Å². The summed E-state index contributed by atoms with van der Waals surface area (Å²) < 4.78 is 32.5. The van der Waals surface area contributed by atoms with E-state index in [2.05, 4.69) is 4.90 Å². The molecule has 21 heavy (non-hydrogen) atoms. The molecule has 1 aliphatic rings. The van der Waals surface area contributed by atoms with Crippen LogP contribution in [0.2, 0.25) is 0 Å². The molecule has 1 unspecified atom stereocenters. The molecular formula is C15H19F2NO3. The number of carboxylic acids is 1. The molecule has 1 heterocycles. The summed E-state index contributed by atoms with van der Waals surface area (Å²) in [6.07, 6.45) is 4.08. The Hall–Kier alpha value is -1.69. The van der Waals surface area contributed by atoms with Crippen molar-refractivity contribution in [2.45, 2.75) is 31.7 Å². The van der Waals surface area contributed by atoms with Crippen LogP contribution in [0.5, 0.6) is 5.75 Å². The maximum atomic E-state index is 13.7. The first kappa shape index (κ1) is 15.7. The molecule has 0 radical (unpaired) electrons. The molecule has 0 aromatic heterocycles. The fourth-order valence-electron chi connectivity index (χ4n) is 2.63. The van der Waals surface area contributed by atoms with E-state index in [-0.39, 0.29) is 6.61 Å². The quantitative estimate of drug-likeness (QED) is 0.908. The number of benzene rings is 1. The molecule has 0 spiro atoms. The molecule has 4 nitrogen and oxygen atoms in total. The fraction of sp³-hybridized carbons (Fsp3) is 0.533. The van der Waals surface area contributed by atoms with Crippen molar-refractivity contribution in [2.24, 2.45) is 0 Å². The zero-order valence-corrected chi connectivity index (χ0v) is 11.9. The Bertz CT molecular complexity index is 499. The van der Waals surface area contributed by atoms with Gasteiger partial charge in [-0.3, -0.25) is 0 Å². The molecule has 1 fully saturated rings. The van der Waals surface area contributed by atoms with Gasteiger partial charge in [0, 0.05) is 6.04 Å². The van der Waals surface area contributed by atoms with Crippen molar-refractivity contribution in [1.29, 1.82) is 0 Å². The Kier molecular flexibility index (Phi) is 5.12. The van der Waals surface area contributed by atoms with Gasteiger partial charge in [0.2, 0.25) is 0 Å². The Morgan fingerprint density at radius 3 is 2.62 bits per heavy atom. The van der Waals surface area contributed by atoms with Gasteiger partial charge in [0.15, 0.2) is 17.4 Å². The van der Waals surface area contributed by atoms with Gasteiger partial charge in [-0.1, -0.05) is 6.42 Å². The van der Waals surface area contributed by atoms with Gasteiger partial charge in [0.05, 0.1) is 12.2 Å². The number of piperidine rings is 1. The normalized spacial score (nSPS) is 19.5. The summed E-state index contributed by atoms with van der Waals surface area (Å²) in [5.41, 5.74) is -0.427. The molecule has 1 aliphatic heterocycles. The molecule has 6 heteroatoms. The van der Waals surface area contributed by atoms with Gasteiger partial charge in [-0.2, -0.15) is 0 Å². The lowest BCUT2D eigenvalue weighted by molar-refractivity contribution is 0.0695. The van der Waals surface area contributed by atoms with E-state index >= 15 is 0 Å². The minimum atomic E-state index is -1.37. The smallest absolute Gasteiger partial charge is 0.335 e. The minimum Gasteiger partial charge on any atom is -0.488 e. The van der Waals surface area contributed by atoms with Crippen LogP contribution in [0.3, 0.4) is 0 Å². The SMILES string of the molecule is CN1CCCCC1CCOc1c(F)cc(C(=O)O)cc1F. The van der Waals surface area contributed by atoms with Crippen LogP contribution in [-0.4, -0.2) is 42.2 Å². The maximum absolute atomic E-state index is 13.7. The number of carbonyl (C=O) groups is 1. The van der Waals surface area contributed by atoms with Crippen molar-refractivity contribution in [3.63, 3.8) is 0 Å². The zero-order valence-electron chi connectivity index (χ0n) is 11.9. The number of carboxylic acid groups (broad SMARTS) is 1. The highest BCUT2D eigenvalue weighted by Crippen LogP contribution is 2.24. The van der Waals surface area contributed by atoms with Crippen LogP contribution < -0.4 is 4.74 Å². The number of hydrogen-bond donors (Lipinski definition) is 1. The number of aromatic carboxylic acids is 1. The van der Waals surface area contributed by atoms with Crippen LogP contribution in [0.4, 0.5) is 8.78 Å². The van der Waals surface area contributed by atoms with Crippen molar-refractivity contribution < 1.29 is 23.4 Å². The van der Waals surface area contributed by atoms with E-state index in [1.54, 1.807) is 0 Å². The number of rotatable bonds is 5. The van der Waals surface area contributed by atoms with Crippen LogP contribution in [0.15, 0.2) is 12.1 Å². The maximum Gasteiger partial charge on any atom is 0.335 e. The van der Waals surface area contributed by atoms with Crippen LogP contribution in [-0.2, 0) is 0 Å². The lowest BCUT2D eigenvalue weighted by atomic mass is 10.0. The molecule has 0 aliphatic carbocycles. The molecule has 0 bridgehead atoms. The minimum absolute atomic E-state index is 0.204. The topological polar surface area (TPSA) is 49.8 Å². The highest BCUT2D eigenvalue weighted by atomic mass is 19.1. The second-order valence-electron chi connectivity index (χ2n) is 5.34. The highest BCUT2D eigenvalue weighted by molar-refractivity contribution is 5.87. The molecule has 0 saturated carbocycles. The highest BCUT2D eigenvalue weighted by Gasteiger charge is 2.20. The first-order valence-corrected chi connectivity index (χ1v) is 7.04. The predicted molar refractivity (Wildman–Crippen MR) is 73.7 cm³/mol. The molecular weight excluding hydrogens is 280 g/mol. The number of hydrogen-bond acceptors (Lipinski definition) is 3. The van der Waals surface area contributed by atoms with Gasteiger partial charge in [0.1, 0.15) is 0 Å². The van der Waals surface area contributed by atoms with Gasteiger partial charge in [0.25, 0.3) is 0 Å². The Morgan fingerprint density at radius 2 is 2.05 bits per heavy atom. The second-order valence-corrected chi connectivity index (χ2v) is 5.34. The molecule has 1 aromatic rings. The zero-order chi connectivity index (χ0) is 15.4. The standard InChI is InChI=1S/C15H19F2NO3/c1-18-6-3-2-4-11(18)5-7-21-14-12(16)8-10(15(19)20)9-13(14)17/h8-9,11H,2-7H2,1H3,(H,19,20). The summed E-state index contributed by atoms with van der Waals surface area (Å²) in [6.45, 7) is 1.23. The van der Waals surface area contributed by atoms with Crippen LogP contribution in [0.1, 0.15) is 36.0 Å². The van der Waals surface area contributed by atoms with Crippen molar-refractivity contribution in [3.05, 3.63) is 29.3 Å². The third kappa shape index (κ3) is 3.91. The van der Waals surface area contributed by atoms with E-state index < -0.39 is 28.9 Å². The number of nitrogens with zero attached hydrogens (tertiary/aromatic N) is 1. The fourth-order valence-corrected chi connectivity index (χ4v) is 2.63. The van der Waals surface area contributed by atoms with E-state index in [0.29, 0.717) is 12.5 Å². The third-order valence-corrected chi connectivity index (χ3v) is 3.86. The Morgan fingerprint density at radius 1 is 1.38 bits per heavy atom. The van der Waals surface area contributed by atoms with Crippen molar-refractivity contribution in [1.82, 2.24) is 4.90 Å². The summed E-state index contributed by atoms with van der Waals surface area (Å²) in [5.74, 6) is -3.84. The summed E-state index contributed by atoms with van der Waals surface area (Å²) in [4.78, 5) is 12.9. The van der Waals surface area contributed by atoms with E-state index in [1.165, 1.54) is 6.42 Å². The average molecular weight is 299 g/mol. The molecule has 1 saturated heterocycles. The van der Waals surface area contributed by atoms with E-state index in [0.717, 1.165) is 31.5 Å². The van der Waals surface area contributed by atoms with Gasteiger partial charge in [-0.25, -0.2) is 13.6 Å². The summed E-state index contributed by atoms with van der Waals surface area (Å²) in [7, 11) is 2.03. The lowest BCUT2D eigenvalue weighted by Gasteiger charge is -2.32. The van der Waals surface area contributed by atoms with Crippen molar-refractivity contribution in [3.8, 4) is 5.75 Å². The largest absolute Gasteiger partial charge is 0.488 e. The first-order chi connectivity index (χ1) is 9.99. The van der Waals surface area contributed by atoms with E-state index in [1.807, 2.05) is 7.05 Å². The monoisotopic (exact) mass is 299 g/mol. The third-order valence-electron chi connectivity index (χ3n) is 3.86. The molecule has 2 rings (SSSR count). The van der Waals surface area contributed by atoms with Gasteiger partial charge in [-0.15, -0.1) is 0 Å². The van der Waals surface area contributed by atoms with Crippen LogP contribution >= 0.6 is 0 Å². The molecule has 116 valence electrons. The first-order valence-electron chi connectivity index (χ1n) is 7.04. The Balaban J connectivity index is 1.95. The van der Waals surface area contributed by atoms with E-state index in [4.69, 9.17) is 9.84 Å². The van der Waals surface area contributed by atoms with Crippen LogP contribution in [0.25, 0.3) is 0 Å². The molecule has 0 amide bonds. The van der Waals surface area contributed by atoms with Crippen LogP contribution in [0, 0.1) is 11.6 Å². The van der Waals surface area contributed by atoms with Crippen molar-refractivity contribution >= 4 is 5.97 Å². The Labute approximate surface area is 122 Å². The number of halogens is 2. The number of ether oxygens (including phenoxy) is 1. The summed E-state index contributed by atoms with van der Waals surface area (Å²) in [5, 5.41) is 8.72.